The topological polar surface area (TPSA) is 55.4 Å². The van der Waals surface area contributed by atoms with Crippen LogP contribution in [0.2, 0.25) is 0 Å². The van der Waals surface area contributed by atoms with E-state index in [4.69, 9.17) is 4.74 Å². The van der Waals surface area contributed by atoms with Gasteiger partial charge in [-0.25, -0.2) is 0 Å². The number of nitrogens with one attached hydrogen (secondary N) is 1. The highest BCUT2D eigenvalue weighted by Crippen LogP contribution is 2.35. The van der Waals surface area contributed by atoms with Gasteiger partial charge < -0.3 is 4.74 Å². The number of piperidine rings is 1. The third-order valence-electron chi connectivity index (χ3n) is 4.18. The van der Waals surface area contributed by atoms with Gasteiger partial charge in [-0.2, -0.15) is 0 Å². The number of carbonyl (C=O) groups is 2. The highest BCUT2D eigenvalue weighted by molar-refractivity contribution is 5.95. The number of ketones is 1. The maximum atomic E-state index is 12.8. The van der Waals surface area contributed by atoms with Crippen molar-refractivity contribution in [2.45, 2.75) is 19.0 Å². The second kappa shape index (κ2) is 6.28. The largest absolute Gasteiger partial charge is 0.465 e. The van der Waals surface area contributed by atoms with Gasteiger partial charge in [-0.05, 0) is 12.5 Å². The lowest BCUT2D eigenvalue weighted by molar-refractivity contribution is -0.151. The molecule has 1 N–H and O–H groups in total. The van der Waals surface area contributed by atoms with Crippen LogP contribution in [-0.4, -0.2) is 24.4 Å². The highest BCUT2D eigenvalue weighted by Gasteiger charge is 2.45. The fraction of sp³-hybridized carbons (Fsp3) is 0.333. The summed E-state index contributed by atoms with van der Waals surface area (Å²) in [6.45, 7) is 2.07. The van der Waals surface area contributed by atoms with Gasteiger partial charge in [0.1, 0.15) is 6.04 Å². The average Bonchev–Trinajstić information content (AvgIpc) is 2.66. The summed E-state index contributed by atoms with van der Waals surface area (Å²) >= 11 is 0. The summed E-state index contributed by atoms with van der Waals surface area (Å²) in [6.07, 6.45) is 7.41. The Morgan fingerprint density at radius 3 is 2.50 bits per heavy atom. The van der Waals surface area contributed by atoms with E-state index in [9.17, 15) is 9.59 Å². The molecule has 4 nitrogen and oxygen atoms in total. The fourth-order valence-electron chi connectivity index (χ4n) is 3.14. The quantitative estimate of drug-likeness (QED) is 0.869. The van der Waals surface area contributed by atoms with E-state index in [0.717, 1.165) is 5.56 Å². The molecule has 0 unspecified atom stereocenters. The molecular formula is C18H19NO3. The van der Waals surface area contributed by atoms with Crippen LogP contribution < -0.4 is 5.32 Å². The number of ether oxygens (including phenoxy) is 1. The van der Waals surface area contributed by atoms with Gasteiger partial charge >= 0.3 is 5.97 Å². The van der Waals surface area contributed by atoms with Gasteiger partial charge in [0.25, 0.3) is 0 Å². The number of hydrogen-bond donors (Lipinski definition) is 1. The minimum Gasteiger partial charge on any atom is -0.465 e. The van der Waals surface area contributed by atoms with Crippen LogP contribution in [0.1, 0.15) is 18.5 Å². The van der Waals surface area contributed by atoms with Crippen LogP contribution in [0, 0.1) is 11.8 Å². The standard InChI is InChI=1S/C18H19NO3/c1-2-22-18(21)16-14-11-7-6-10-13(17(14)20)15(19-16)12-8-4-3-5-9-12/h3-11,13-16,19H,2H2,1H3/t13-,14+,15-,16-/m0/s1. The van der Waals surface area contributed by atoms with Crippen LogP contribution in [0.5, 0.6) is 0 Å². The first-order chi connectivity index (χ1) is 10.7. The molecule has 1 fully saturated rings. The van der Waals surface area contributed by atoms with Gasteiger partial charge in [0.15, 0.2) is 5.78 Å². The van der Waals surface area contributed by atoms with Crippen molar-refractivity contribution < 1.29 is 14.3 Å². The average molecular weight is 297 g/mol. The zero-order valence-corrected chi connectivity index (χ0v) is 12.4. The van der Waals surface area contributed by atoms with Crippen molar-refractivity contribution in [2.24, 2.45) is 11.8 Å². The molecular weight excluding hydrogens is 278 g/mol. The Morgan fingerprint density at radius 1 is 1.14 bits per heavy atom. The summed E-state index contributed by atoms with van der Waals surface area (Å²) < 4.78 is 5.14. The molecule has 2 aliphatic rings. The Labute approximate surface area is 129 Å². The Balaban J connectivity index is 1.97. The van der Waals surface area contributed by atoms with E-state index >= 15 is 0 Å². The number of rotatable bonds is 3. The summed E-state index contributed by atoms with van der Waals surface area (Å²) in [6, 6.07) is 8.90. The second-order valence-corrected chi connectivity index (χ2v) is 5.51. The van der Waals surface area contributed by atoms with Crippen LogP contribution in [0.25, 0.3) is 0 Å². The van der Waals surface area contributed by atoms with E-state index in [2.05, 4.69) is 5.32 Å². The van der Waals surface area contributed by atoms with Crippen LogP contribution >= 0.6 is 0 Å². The van der Waals surface area contributed by atoms with E-state index < -0.39 is 12.0 Å². The van der Waals surface area contributed by atoms with Crippen molar-refractivity contribution in [1.29, 1.82) is 0 Å². The number of hydrogen-bond acceptors (Lipinski definition) is 4. The third-order valence-corrected chi connectivity index (χ3v) is 4.18. The molecule has 1 heterocycles. The molecule has 1 aliphatic carbocycles. The van der Waals surface area contributed by atoms with Crippen LogP contribution in [0.15, 0.2) is 54.6 Å². The molecule has 22 heavy (non-hydrogen) atoms. The molecule has 0 aromatic heterocycles. The summed E-state index contributed by atoms with van der Waals surface area (Å²) in [5, 5.41) is 3.33. The number of benzene rings is 1. The monoisotopic (exact) mass is 297 g/mol. The predicted molar refractivity (Wildman–Crippen MR) is 83.0 cm³/mol. The van der Waals surface area contributed by atoms with Crippen molar-refractivity contribution in [3.63, 3.8) is 0 Å². The zero-order valence-electron chi connectivity index (χ0n) is 12.4. The van der Waals surface area contributed by atoms with Gasteiger partial charge in [0, 0.05) is 6.04 Å². The molecule has 4 heteroatoms. The molecule has 114 valence electrons. The van der Waals surface area contributed by atoms with Crippen LogP contribution in [0.4, 0.5) is 0 Å². The van der Waals surface area contributed by atoms with Crippen molar-refractivity contribution in [3.05, 3.63) is 60.2 Å². The Morgan fingerprint density at radius 2 is 1.82 bits per heavy atom. The first-order valence-electron chi connectivity index (χ1n) is 7.58. The van der Waals surface area contributed by atoms with Gasteiger partial charge in [-0.3, -0.25) is 14.9 Å². The predicted octanol–water partition coefficient (Wildman–Crippen LogP) is 2.19. The smallest absolute Gasteiger partial charge is 0.324 e. The van der Waals surface area contributed by atoms with Crippen molar-refractivity contribution in [3.8, 4) is 0 Å². The van der Waals surface area contributed by atoms with Crippen molar-refractivity contribution >= 4 is 11.8 Å². The van der Waals surface area contributed by atoms with Crippen molar-refractivity contribution in [2.75, 3.05) is 6.61 Å². The second-order valence-electron chi connectivity index (χ2n) is 5.51. The normalized spacial score (nSPS) is 30.0. The van der Waals surface area contributed by atoms with E-state index in [0.29, 0.717) is 6.61 Å². The lowest BCUT2D eigenvalue weighted by Crippen LogP contribution is -2.55. The molecule has 1 aliphatic heterocycles. The summed E-state index contributed by atoms with van der Waals surface area (Å²) in [5.74, 6) is -1.05. The van der Waals surface area contributed by atoms with E-state index in [-0.39, 0.29) is 23.7 Å². The maximum Gasteiger partial charge on any atom is 0.324 e. The van der Waals surface area contributed by atoms with E-state index in [1.54, 1.807) is 13.0 Å². The van der Waals surface area contributed by atoms with Crippen LogP contribution in [0.3, 0.4) is 0 Å². The lowest BCUT2D eigenvalue weighted by atomic mass is 9.77. The number of Topliss-reactive ketones (excluding diaryl/α,β-unsaturated/α-hetero) is 1. The molecule has 0 amide bonds. The minimum absolute atomic E-state index is 0.0654. The summed E-state index contributed by atoms with van der Waals surface area (Å²) in [7, 11) is 0. The first-order valence-corrected chi connectivity index (χ1v) is 7.58. The Hall–Kier alpha value is -2.20. The van der Waals surface area contributed by atoms with E-state index in [1.165, 1.54) is 0 Å². The molecule has 1 aromatic carbocycles. The zero-order chi connectivity index (χ0) is 15.5. The van der Waals surface area contributed by atoms with Gasteiger partial charge in [0.2, 0.25) is 0 Å². The molecule has 2 bridgehead atoms. The van der Waals surface area contributed by atoms with Crippen molar-refractivity contribution in [1.82, 2.24) is 5.32 Å². The number of esters is 1. The molecule has 1 saturated heterocycles. The molecule has 0 spiro atoms. The lowest BCUT2D eigenvalue weighted by Gasteiger charge is -2.38. The fourth-order valence-corrected chi connectivity index (χ4v) is 3.14. The summed E-state index contributed by atoms with van der Waals surface area (Å²) in [4.78, 5) is 25.0. The van der Waals surface area contributed by atoms with Gasteiger partial charge in [0.05, 0.1) is 18.4 Å². The molecule has 0 saturated carbocycles. The highest BCUT2D eigenvalue weighted by atomic mass is 16.5. The van der Waals surface area contributed by atoms with Crippen LogP contribution in [-0.2, 0) is 14.3 Å². The molecule has 3 rings (SSSR count). The summed E-state index contributed by atoms with van der Waals surface area (Å²) in [5.41, 5.74) is 1.00. The Kier molecular flexibility index (Phi) is 4.20. The maximum absolute atomic E-state index is 12.8. The van der Waals surface area contributed by atoms with Gasteiger partial charge in [-0.1, -0.05) is 54.6 Å². The SMILES string of the molecule is CCOC(=O)[C@H]1N[C@@H](c2ccccc2)[C@@H]2C=CC=C[C@H]1C2=O. The molecule has 0 radical (unpaired) electrons. The Bertz CT molecular complexity index is 620. The third kappa shape index (κ3) is 2.62. The number of fused-ring (bicyclic) bond motifs is 2. The van der Waals surface area contributed by atoms with Gasteiger partial charge in [-0.15, -0.1) is 0 Å². The molecule has 1 aromatic rings. The minimum atomic E-state index is -0.634. The van der Waals surface area contributed by atoms with E-state index in [1.807, 2.05) is 48.6 Å². The number of allylic oxidation sites excluding steroid dienone is 2. The molecule has 4 atom stereocenters. The number of carbonyl (C=O) groups excluding carboxylic acids is 2. The first kappa shape index (κ1) is 14.7.